The molecule has 0 heterocycles. The van der Waals surface area contributed by atoms with Crippen molar-refractivity contribution in [3.8, 4) is 0 Å². The Morgan fingerprint density at radius 1 is 0.750 bits per heavy atom. The molecule has 0 aromatic rings. The van der Waals surface area contributed by atoms with Crippen LogP contribution in [0.25, 0.3) is 0 Å². The van der Waals surface area contributed by atoms with Gasteiger partial charge in [0.15, 0.2) is 0 Å². The van der Waals surface area contributed by atoms with Crippen LogP contribution < -0.4 is 0 Å². The molecule has 0 radical (unpaired) electrons. The van der Waals surface area contributed by atoms with E-state index in [1.165, 1.54) is 51.4 Å². The zero-order valence-corrected chi connectivity index (χ0v) is 12.1. The molecule has 0 N–H and O–H groups in total. The molecule has 0 bridgehead atoms. The topological polar surface area (TPSA) is 0 Å². The Hall–Kier alpha value is 0.220. The van der Waals surface area contributed by atoms with Crippen LogP contribution in [0.15, 0.2) is 12.2 Å². The maximum Gasteiger partial charge on any atom is 0.0146 e. The smallest absolute Gasteiger partial charge is 0.0146 e. The van der Waals surface area contributed by atoms with E-state index in [0.717, 1.165) is 22.6 Å². The molecule has 0 amide bonds. The summed E-state index contributed by atoms with van der Waals surface area (Å²) in [6, 6.07) is 0. The molecule has 0 spiro atoms. The van der Waals surface area contributed by atoms with Crippen molar-refractivity contribution in [1.29, 1.82) is 0 Å². The van der Waals surface area contributed by atoms with Gasteiger partial charge in [0.2, 0.25) is 0 Å². The molecule has 0 aromatic carbocycles. The Morgan fingerprint density at radius 2 is 1.19 bits per heavy atom. The van der Waals surface area contributed by atoms with Crippen LogP contribution in [0.1, 0.15) is 58.3 Å². The van der Waals surface area contributed by atoms with Crippen molar-refractivity contribution in [2.24, 2.45) is 17.8 Å². The summed E-state index contributed by atoms with van der Waals surface area (Å²) in [6.07, 6.45) is 16.4. The molecular formula is C15H25Br. The van der Waals surface area contributed by atoms with Crippen LogP contribution in [0.3, 0.4) is 0 Å². The minimum absolute atomic E-state index is 0.799. The molecule has 1 heteroatoms. The third kappa shape index (κ3) is 3.91. The standard InChI is InChI=1S/C15H25Br/c1-12-2-4-13(5-3-12)6-7-14-8-10-15(16)11-9-14/h6-7,12-15H,2-5,8-11H2,1H3/b7-6+. The molecule has 2 aliphatic rings. The first-order valence-corrected chi connectivity index (χ1v) is 7.98. The van der Waals surface area contributed by atoms with Crippen molar-refractivity contribution >= 4 is 15.9 Å². The minimum atomic E-state index is 0.799. The van der Waals surface area contributed by atoms with E-state index in [2.05, 4.69) is 35.0 Å². The van der Waals surface area contributed by atoms with Crippen LogP contribution in [0, 0.1) is 17.8 Å². The van der Waals surface area contributed by atoms with Crippen LogP contribution >= 0.6 is 15.9 Å². The Kier molecular flexibility index (Phi) is 4.94. The molecule has 0 atom stereocenters. The second-order valence-corrected chi connectivity index (χ2v) is 7.21. The van der Waals surface area contributed by atoms with Gasteiger partial charge in [-0.15, -0.1) is 0 Å². The lowest BCUT2D eigenvalue weighted by atomic mass is 9.81. The van der Waals surface area contributed by atoms with E-state index in [-0.39, 0.29) is 0 Å². The Morgan fingerprint density at radius 3 is 1.69 bits per heavy atom. The van der Waals surface area contributed by atoms with Crippen LogP contribution in [-0.2, 0) is 0 Å². The molecule has 16 heavy (non-hydrogen) atoms. The number of hydrogen-bond donors (Lipinski definition) is 0. The lowest BCUT2D eigenvalue weighted by Crippen LogP contribution is -2.13. The fourth-order valence-electron chi connectivity index (χ4n) is 3.06. The second-order valence-electron chi connectivity index (χ2n) is 5.92. The van der Waals surface area contributed by atoms with Gasteiger partial charge >= 0.3 is 0 Å². The normalized spacial score (nSPS) is 41.4. The number of allylic oxidation sites excluding steroid dienone is 2. The quantitative estimate of drug-likeness (QED) is 0.475. The van der Waals surface area contributed by atoms with Gasteiger partial charge in [0.05, 0.1) is 0 Å². The first-order chi connectivity index (χ1) is 7.74. The van der Waals surface area contributed by atoms with E-state index in [9.17, 15) is 0 Å². The van der Waals surface area contributed by atoms with Gasteiger partial charge in [-0.05, 0) is 56.3 Å². The molecule has 0 aromatic heterocycles. The summed E-state index contributed by atoms with van der Waals surface area (Å²) in [5.41, 5.74) is 0. The fourth-order valence-corrected chi connectivity index (χ4v) is 3.59. The Bertz CT molecular complexity index is 194. The van der Waals surface area contributed by atoms with Crippen LogP contribution in [0.5, 0.6) is 0 Å². The number of halogens is 1. The molecule has 2 aliphatic carbocycles. The highest BCUT2D eigenvalue weighted by Crippen LogP contribution is 2.32. The number of rotatable bonds is 2. The molecule has 2 rings (SSSR count). The van der Waals surface area contributed by atoms with Gasteiger partial charge in [0, 0.05) is 4.83 Å². The summed E-state index contributed by atoms with van der Waals surface area (Å²) in [5.74, 6) is 2.76. The van der Waals surface area contributed by atoms with Crippen molar-refractivity contribution in [3.63, 3.8) is 0 Å². The average Bonchev–Trinajstić information content (AvgIpc) is 2.30. The maximum absolute atomic E-state index is 3.73. The highest BCUT2D eigenvalue weighted by Gasteiger charge is 2.19. The minimum Gasteiger partial charge on any atom is -0.0891 e. The van der Waals surface area contributed by atoms with E-state index in [1.54, 1.807) is 0 Å². The van der Waals surface area contributed by atoms with Crippen LogP contribution in [0.2, 0.25) is 0 Å². The summed E-state index contributed by atoms with van der Waals surface area (Å²) in [6.45, 7) is 2.40. The van der Waals surface area contributed by atoms with Gasteiger partial charge in [-0.1, -0.05) is 47.8 Å². The highest BCUT2D eigenvalue weighted by atomic mass is 79.9. The number of alkyl halides is 1. The third-order valence-corrected chi connectivity index (χ3v) is 5.33. The predicted molar refractivity (Wildman–Crippen MR) is 74.9 cm³/mol. The largest absolute Gasteiger partial charge is 0.0891 e. The molecule has 92 valence electrons. The molecular weight excluding hydrogens is 260 g/mol. The van der Waals surface area contributed by atoms with Gasteiger partial charge in [-0.25, -0.2) is 0 Å². The number of hydrogen-bond acceptors (Lipinski definition) is 0. The summed E-state index contributed by atoms with van der Waals surface area (Å²) >= 11 is 3.73. The summed E-state index contributed by atoms with van der Waals surface area (Å²) < 4.78 is 0. The van der Waals surface area contributed by atoms with Gasteiger partial charge in [-0.3, -0.25) is 0 Å². The van der Waals surface area contributed by atoms with Crippen molar-refractivity contribution in [2.75, 3.05) is 0 Å². The summed E-state index contributed by atoms with van der Waals surface area (Å²) in [7, 11) is 0. The van der Waals surface area contributed by atoms with E-state index in [4.69, 9.17) is 0 Å². The lowest BCUT2D eigenvalue weighted by molar-refractivity contribution is 0.328. The van der Waals surface area contributed by atoms with Crippen molar-refractivity contribution in [2.45, 2.75) is 63.1 Å². The van der Waals surface area contributed by atoms with Crippen molar-refractivity contribution < 1.29 is 0 Å². The van der Waals surface area contributed by atoms with Crippen LogP contribution in [0.4, 0.5) is 0 Å². The molecule has 2 saturated carbocycles. The first-order valence-electron chi connectivity index (χ1n) is 7.06. The van der Waals surface area contributed by atoms with Gasteiger partial charge in [0.25, 0.3) is 0 Å². The Balaban J connectivity index is 1.72. The molecule has 0 unspecified atom stereocenters. The van der Waals surface area contributed by atoms with Gasteiger partial charge in [0.1, 0.15) is 0 Å². The zero-order chi connectivity index (χ0) is 11.4. The molecule has 0 aliphatic heterocycles. The van der Waals surface area contributed by atoms with E-state index in [1.807, 2.05) is 0 Å². The Labute approximate surface area is 109 Å². The van der Waals surface area contributed by atoms with Crippen molar-refractivity contribution in [3.05, 3.63) is 12.2 Å². The summed E-state index contributed by atoms with van der Waals surface area (Å²) in [4.78, 5) is 0.799. The van der Waals surface area contributed by atoms with E-state index < -0.39 is 0 Å². The van der Waals surface area contributed by atoms with Gasteiger partial charge < -0.3 is 0 Å². The van der Waals surface area contributed by atoms with Crippen LogP contribution in [-0.4, -0.2) is 4.83 Å². The van der Waals surface area contributed by atoms with Crippen molar-refractivity contribution in [1.82, 2.24) is 0 Å². The lowest BCUT2D eigenvalue weighted by Gasteiger charge is -2.26. The SMILES string of the molecule is CC1CCC(/C=C/C2CCC(Br)CC2)CC1. The average molecular weight is 285 g/mol. The molecule has 2 fully saturated rings. The van der Waals surface area contributed by atoms with E-state index >= 15 is 0 Å². The first kappa shape index (κ1) is 12.7. The fraction of sp³-hybridized carbons (Fsp3) is 0.867. The van der Waals surface area contributed by atoms with E-state index in [0.29, 0.717) is 0 Å². The molecule has 0 nitrogen and oxygen atoms in total. The maximum atomic E-state index is 3.73. The van der Waals surface area contributed by atoms with Gasteiger partial charge in [-0.2, -0.15) is 0 Å². The monoisotopic (exact) mass is 284 g/mol. The summed E-state index contributed by atoms with van der Waals surface area (Å²) in [5, 5.41) is 0. The molecule has 0 saturated heterocycles. The highest BCUT2D eigenvalue weighted by molar-refractivity contribution is 9.09. The second kappa shape index (κ2) is 6.23. The predicted octanol–water partition coefficient (Wildman–Crippen LogP) is 5.32. The zero-order valence-electron chi connectivity index (χ0n) is 10.5. The third-order valence-electron chi connectivity index (χ3n) is 4.42.